The molecule has 1 saturated heterocycles. The molecule has 0 saturated carbocycles. The van der Waals surface area contributed by atoms with Crippen molar-refractivity contribution in [3.8, 4) is 11.1 Å². The first-order valence-electron chi connectivity index (χ1n) is 14.2. The fourth-order valence-corrected chi connectivity index (χ4v) is 7.75. The van der Waals surface area contributed by atoms with Crippen LogP contribution in [0.2, 0.25) is 5.02 Å². The second-order valence-corrected chi connectivity index (χ2v) is 12.6. The molecule has 4 aromatic rings. The second-order valence-electron chi connectivity index (χ2n) is 11.1. The van der Waals surface area contributed by atoms with E-state index in [1.807, 2.05) is 31.7 Å². The van der Waals surface area contributed by atoms with Gasteiger partial charge in [-0.15, -0.1) is 11.8 Å². The molecule has 2 aliphatic heterocycles. The summed E-state index contributed by atoms with van der Waals surface area (Å²) in [5.74, 6) is -0.343. The maximum atomic E-state index is 15.4. The first-order valence-corrected chi connectivity index (χ1v) is 15.5. The molecule has 44 heavy (non-hydrogen) atoms. The fourth-order valence-electron chi connectivity index (χ4n) is 6.26. The molecular weight excluding hydrogens is 608 g/mol. The van der Waals surface area contributed by atoms with Gasteiger partial charge in [0.25, 0.3) is 0 Å². The lowest BCUT2D eigenvalue weighted by Gasteiger charge is -2.44. The van der Waals surface area contributed by atoms with Crippen molar-refractivity contribution in [1.29, 1.82) is 0 Å². The van der Waals surface area contributed by atoms with E-state index in [1.54, 1.807) is 27.9 Å². The Morgan fingerprint density at radius 3 is 2.50 bits per heavy atom. The number of aromatic nitrogens is 4. The highest BCUT2D eigenvalue weighted by atomic mass is 35.5. The first kappa shape index (κ1) is 30.0. The quantitative estimate of drug-likeness (QED) is 0.233. The maximum absolute atomic E-state index is 15.4. The van der Waals surface area contributed by atoms with E-state index in [0.29, 0.717) is 52.1 Å². The van der Waals surface area contributed by atoms with Crippen LogP contribution < -0.4 is 15.9 Å². The molecule has 9 nitrogen and oxygen atoms in total. The highest BCUT2D eigenvalue weighted by molar-refractivity contribution is 7.99. The van der Waals surface area contributed by atoms with Gasteiger partial charge in [-0.05, 0) is 50.6 Å². The minimum absolute atomic E-state index is 0.146. The van der Waals surface area contributed by atoms with E-state index in [4.69, 9.17) is 11.6 Å². The highest BCUT2D eigenvalue weighted by Gasteiger charge is 2.35. The van der Waals surface area contributed by atoms with E-state index >= 15 is 4.39 Å². The van der Waals surface area contributed by atoms with Crippen molar-refractivity contribution < 1.29 is 13.6 Å². The molecular formula is C31H30ClF2N7O2S. The summed E-state index contributed by atoms with van der Waals surface area (Å²) in [7, 11) is 0. The maximum Gasteiger partial charge on any atom is 0.350 e. The average molecular weight is 638 g/mol. The summed E-state index contributed by atoms with van der Waals surface area (Å²) in [6.07, 6.45) is 4.57. The summed E-state index contributed by atoms with van der Waals surface area (Å²) in [6, 6.07) is 5.09. The van der Waals surface area contributed by atoms with Gasteiger partial charge in [0.15, 0.2) is 0 Å². The molecule has 0 bridgehead atoms. The van der Waals surface area contributed by atoms with Crippen molar-refractivity contribution in [2.45, 2.75) is 50.3 Å². The van der Waals surface area contributed by atoms with Crippen LogP contribution in [0.5, 0.6) is 0 Å². The van der Waals surface area contributed by atoms with E-state index in [2.05, 4.69) is 26.8 Å². The number of benzene rings is 2. The normalized spacial score (nSPS) is 20.0. The Morgan fingerprint density at radius 2 is 1.82 bits per heavy atom. The van der Waals surface area contributed by atoms with Crippen LogP contribution in [0.3, 0.4) is 0 Å². The minimum atomic E-state index is -0.849. The Balaban J connectivity index is 1.55. The number of rotatable bonds is 5. The average Bonchev–Trinajstić information content (AvgIpc) is 3.17. The molecule has 228 valence electrons. The second kappa shape index (κ2) is 11.8. The van der Waals surface area contributed by atoms with Gasteiger partial charge in [0, 0.05) is 77.3 Å². The van der Waals surface area contributed by atoms with Gasteiger partial charge in [-0.3, -0.25) is 9.36 Å². The van der Waals surface area contributed by atoms with Crippen molar-refractivity contribution in [2.24, 2.45) is 0 Å². The number of nitrogens with one attached hydrogen (secondary N) is 1. The third-order valence-electron chi connectivity index (χ3n) is 8.05. The number of carbonyl (C=O) groups is 1. The molecule has 0 radical (unpaired) electrons. The summed E-state index contributed by atoms with van der Waals surface area (Å²) in [5.41, 5.74) is 1.54. The number of anilines is 2. The third kappa shape index (κ3) is 5.30. The molecule has 1 amide bonds. The fraction of sp³-hybridized carbons (Fsp3) is 0.323. The molecule has 1 N–H and O–H groups in total. The molecule has 4 heterocycles. The Labute approximate surface area is 262 Å². The van der Waals surface area contributed by atoms with Crippen molar-refractivity contribution in [1.82, 2.24) is 24.4 Å². The van der Waals surface area contributed by atoms with E-state index in [-0.39, 0.29) is 41.2 Å². The summed E-state index contributed by atoms with van der Waals surface area (Å²) >= 11 is 7.60. The van der Waals surface area contributed by atoms with E-state index in [1.165, 1.54) is 23.9 Å². The van der Waals surface area contributed by atoms with Crippen LogP contribution in [0, 0.1) is 18.6 Å². The molecule has 13 heteroatoms. The smallest absolute Gasteiger partial charge is 0.350 e. The van der Waals surface area contributed by atoms with Gasteiger partial charge in [0.1, 0.15) is 17.5 Å². The zero-order chi connectivity index (χ0) is 31.3. The number of amides is 1. The van der Waals surface area contributed by atoms with Gasteiger partial charge in [0.2, 0.25) is 11.9 Å². The number of hydrogen-bond acceptors (Lipinski definition) is 8. The summed E-state index contributed by atoms with van der Waals surface area (Å²) in [6.45, 7) is 10.6. The number of aryl methyl sites for hydroxylation is 1. The van der Waals surface area contributed by atoms with Gasteiger partial charge in [-0.2, -0.15) is 4.98 Å². The molecule has 6 rings (SSSR count). The molecule has 0 unspecified atom stereocenters. The van der Waals surface area contributed by atoms with Gasteiger partial charge in [-0.1, -0.05) is 18.2 Å². The molecule has 2 aromatic heterocycles. The van der Waals surface area contributed by atoms with Crippen LogP contribution in [-0.2, 0) is 11.3 Å². The Morgan fingerprint density at radius 1 is 1.11 bits per heavy atom. The van der Waals surface area contributed by atoms with Gasteiger partial charge >= 0.3 is 5.69 Å². The van der Waals surface area contributed by atoms with Gasteiger partial charge < -0.3 is 15.1 Å². The topological polar surface area (TPSA) is 96.2 Å². The zero-order valence-electron chi connectivity index (χ0n) is 24.4. The van der Waals surface area contributed by atoms with Crippen molar-refractivity contribution in [3.63, 3.8) is 0 Å². The van der Waals surface area contributed by atoms with Crippen LogP contribution >= 0.6 is 23.4 Å². The van der Waals surface area contributed by atoms with Crippen molar-refractivity contribution in [2.75, 3.05) is 29.1 Å². The number of thioether (sulfide) groups is 1. The van der Waals surface area contributed by atoms with Crippen molar-refractivity contribution in [3.05, 3.63) is 82.0 Å². The SMILES string of the molecule is C=CC(=O)N1[C@H](C)CN(c2nc(=O)n3c4c(c(-c5cc(Cl)c(F)cc5F)c(C)cc24)SC[C@@H](Nc2ncccn2)C3)C[C@@H]1C. The van der Waals surface area contributed by atoms with Crippen LogP contribution in [0.25, 0.3) is 22.0 Å². The molecule has 2 aromatic carbocycles. The van der Waals surface area contributed by atoms with E-state index in [9.17, 15) is 14.0 Å². The molecule has 1 fully saturated rings. The largest absolute Gasteiger partial charge is 0.352 e. The lowest BCUT2D eigenvalue weighted by atomic mass is 9.97. The number of carbonyl (C=O) groups excluding carboxylic acids is 1. The molecule has 0 spiro atoms. The van der Waals surface area contributed by atoms with Crippen LogP contribution in [0.15, 0.2) is 59.0 Å². The van der Waals surface area contributed by atoms with E-state index in [0.717, 1.165) is 11.5 Å². The number of hydrogen-bond donors (Lipinski definition) is 1. The van der Waals surface area contributed by atoms with Gasteiger partial charge in [-0.25, -0.2) is 23.5 Å². The number of piperazine rings is 1. The van der Waals surface area contributed by atoms with E-state index < -0.39 is 17.3 Å². The van der Waals surface area contributed by atoms with Crippen molar-refractivity contribution >= 4 is 51.9 Å². The summed E-state index contributed by atoms with van der Waals surface area (Å²) < 4.78 is 31.2. The molecule has 2 aliphatic rings. The Bertz CT molecular complexity index is 1840. The van der Waals surface area contributed by atoms with Crippen LogP contribution in [0.1, 0.15) is 19.4 Å². The highest BCUT2D eigenvalue weighted by Crippen LogP contribution is 2.45. The predicted octanol–water partition coefficient (Wildman–Crippen LogP) is 5.29. The summed E-state index contributed by atoms with van der Waals surface area (Å²) in [5, 5.41) is 3.83. The monoisotopic (exact) mass is 637 g/mol. The van der Waals surface area contributed by atoms with Gasteiger partial charge in [0.05, 0.1) is 16.6 Å². The summed E-state index contributed by atoms with van der Waals surface area (Å²) in [4.78, 5) is 44.1. The number of halogens is 3. The Hall–Kier alpha value is -4.03. The third-order valence-corrected chi connectivity index (χ3v) is 9.60. The predicted molar refractivity (Wildman–Crippen MR) is 169 cm³/mol. The Kier molecular flexibility index (Phi) is 8.06. The number of nitrogens with zero attached hydrogens (tertiary/aromatic N) is 6. The standard InChI is InChI=1S/C31H30ClF2N7O2S/c1-5-25(42)41-17(3)12-39(13-18(41)4)29-21-9-16(2)26(20-10-22(32)24(34)11-23(20)33)28-27(21)40(31(43)38-29)14-19(15-44-28)37-30-35-7-6-8-36-30/h5-11,17-19H,1,12-15H2,2-4H3,(H,35,36,37)/t17-,18+,19-/m0/s1. The minimum Gasteiger partial charge on any atom is -0.352 e. The van der Waals surface area contributed by atoms with Crippen LogP contribution in [-0.4, -0.2) is 67.3 Å². The molecule has 3 atom stereocenters. The zero-order valence-corrected chi connectivity index (χ0v) is 25.9. The first-order chi connectivity index (χ1) is 21.1. The van der Waals surface area contributed by atoms with Crippen LogP contribution in [0.4, 0.5) is 20.5 Å². The lowest BCUT2D eigenvalue weighted by molar-refractivity contribution is -0.130. The molecule has 0 aliphatic carbocycles. The lowest BCUT2D eigenvalue weighted by Crippen LogP contribution is -2.58.